The molecule has 2 aliphatic rings. The second-order valence-corrected chi connectivity index (χ2v) is 8.75. The first-order valence-corrected chi connectivity index (χ1v) is 10.9. The van der Waals surface area contributed by atoms with E-state index in [1.165, 1.54) is 6.07 Å². The number of fused-ring (bicyclic) bond motifs is 2. The fraction of sp³-hybridized carbons (Fsp3) is 0.231. The molecule has 0 bridgehead atoms. The van der Waals surface area contributed by atoms with Crippen molar-refractivity contribution >= 4 is 23.6 Å². The molecule has 1 saturated heterocycles. The lowest BCUT2D eigenvalue weighted by Crippen LogP contribution is -2.29. The van der Waals surface area contributed by atoms with E-state index in [0.29, 0.717) is 34.9 Å². The molecule has 0 amide bonds. The summed E-state index contributed by atoms with van der Waals surface area (Å²) in [6.07, 6.45) is 1.63. The van der Waals surface area contributed by atoms with Gasteiger partial charge < -0.3 is 4.74 Å². The fourth-order valence-electron chi connectivity index (χ4n) is 4.72. The number of cyclic esters (lactones) is 1. The van der Waals surface area contributed by atoms with Gasteiger partial charge in [0.1, 0.15) is 0 Å². The zero-order valence-electron chi connectivity index (χ0n) is 17.4. The van der Waals surface area contributed by atoms with Gasteiger partial charge in [-0.3, -0.25) is 9.78 Å². The van der Waals surface area contributed by atoms with Crippen molar-refractivity contribution < 1.29 is 22.7 Å². The standard InChI is InChI=1S/C26H19ClF3NO2/c27-24-6-2-5-19-20(23-14-33-25(32)22(23)12-21(19)24)10-9-18-8-7-16(13-31-18)15-3-1-4-17(11-15)26(28,29)30/h1-11,13,20,22-23H,12,14H2/b10-9+/t20-,22-,23+/m0/s1. The highest BCUT2D eigenvalue weighted by molar-refractivity contribution is 6.31. The van der Waals surface area contributed by atoms with Crippen LogP contribution >= 0.6 is 11.6 Å². The highest BCUT2D eigenvalue weighted by atomic mass is 35.5. The van der Waals surface area contributed by atoms with Crippen LogP contribution in [-0.2, 0) is 22.1 Å². The molecule has 0 unspecified atom stereocenters. The number of allylic oxidation sites excluding steroid dienone is 1. The Bertz CT molecular complexity index is 1240. The maximum Gasteiger partial charge on any atom is 0.416 e. The first kappa shape index (κ1) is 21.7. The topological polar surface area (TPSA) is 39.2 Å². The van der Waals surface area contributed by atoms with E-state index in [-0.39, 0.29) is 23.7 Å². The summed E-state index contributed by atoms with van der Waals surface area (Å²) in [7, 11) is 0. The maximum atomic E-state index is 13.0. The van der Waals surface area contributed by atoms with Crippen molar-refractivity contribution in [2.75, 3.05) is 6.61 Å². The van der Waals surface area contributed by atoms with Gasteiger partial charge in [0.25, 0.3) is 0 Å². The molecule has 0 saturated carbocycles. The molecule has 0 spiro atoms. The monoisotopic (exact) mass is 469 g/mol. The Balaban J connectivity index is 1.42. The number of esters is 1. The number of halogens is 4. The van der Waals surface area contributed by atoms with Gasteiger partial charge in [0.15, 0.2) is 0 Å². The molecule has 1 aliphatic carbocycles. The fourth-order valence-corrected chi connectivity index (χ4v) is 4.98. The Morgan fingerprint density at radius 2 is 1.88 bits per heavy atom. The third-order valence-corrected chi connectivity index (χ3v) is 6.78. The van der Waals surface area contributed by atoms with Crippen molar-refractivity contribution in [1.29, 1.82) is 0 Å². The highest BCUT2D eigenvalue weighted by Gasteiger charge is 2.45. The number of hydrogen-bond acceptors (Lipinski definition) is 3. The normalized spacial score (nSPS) is 22.2. The molecule has 1 fully saturated rings. The molecule has 1 aliphatic heterocycles. The quantitative estimate of drug-likeness (QED) is 0.408. The van der Waals surface area contributed by atoms with Gasteiger partial charge in [-0.15, -0.1) is 0 Å². The lowest BCUT2D eigenvalue weighted by Gasteiger charge is -2.31. The van der Waals surface area contributed by atoms with Crippen LogP contribution in [0.4, 0.5) is 13.2 Å². The zero-order valence-corrected chi connectivity index (χ0v) is 18.1. The Labute approximate surface area is 193 Å². The summed E-state index contributed by atoms with van der Waals surface area (Å²) in [5, 5.41) is 0.646. The van der Waals surface area contributed by atoms with Crippen molar-refractivity contribution in [3.63, 3.8) is 0 Å². The van der Waals surface area contributed by atoms with Gasteiger partial charge in [0.2, 0.25) is 0 Å². The molecular weight excluding hydrogens is 451 g/mol. The second-order valence-electron chi connectivity index (χ2n) is 8.35. The highest BCUT2D eigenvalue weighted by Crippen LogP contribution is 2.46. The van der Waals surface area contributed by atoms with Crippen LogP contribution in [0.5, 0.6) is 0 Å². The van der Waals surface area contributed by atoms with E-state index >= 15 is 0 Å². The van der Waals surface area contributed by atoms with E-state index in [2.05, 4.69) is 4.98 Å². The predicted molar refractivity (Wildman–Crippen MR) is 120 cm³/mol. The summed E-state index contributed by atoms with van der Waals surface area (Å²) in [6.45, 7) is 0.367. The Hall–Kier alpha value is -3.12. The van der Waals surface area contributed by atoms with Gasteiger partial charge in [-0.2, -0.15) is 13.2 Å². The minimum atomic E-state index is -4.39. The van der Waals surface area contributed by atoms with Gasteiger partial charge in [0.05, 0.1) is 23.8 Å². The van der Waals surface area contributed by atoms with Crippen molar-refractivity contribution in [2.45, 2.75) is 18.5 Å². The molecule has 168 valence electrons. The molecule has 7 heteroatoms. The molecule has 3 nitrogen and oxygen atoms in total. The van der Waals surface area contributed by atoms with Gasteiger partial charge in [0, 0.05) is 28.6 Å². The Morgan fingerprint density at radius 1 is 1.06 bits per heavy atom. The van der Waals surface area contributed by atoms with E-state index in [0.717, 1.165) is 23.3 Å². The van der Waals surface area contributed by atoms with Crippen LogP contribution in [0, 0.1) is 11.8 Å². The number of pyridine rings is 1. The van der Waals surface area contributed by atoms with Gasteiger partial charge in [-0.25, -0.2) is 0 Å². The largest absolute Gasteiger partial charge is 0.465 e. The second kappa shape index (κ2) is 8.34. The average Bonchev–Trinajstić information content (AvgIpc) is 3.18. The first-order chi connectivity index (χ1) is 15.8. The van der Waals surface area contributed by atoms with Gasteiger partial charge in [-0.1, -0.05) is 48.0 Å². The average molecular weight is 470 g/mol. The van der Waals surface area contributed by atoms with Crippen LogP contribution in [-0.4, -0.2) is 17.6 Å². The number of carbonyl (C=O) groups is 1. The van der Waals surface area contributed by atoms with Crippen molar-refractivity contribution in [2.24, 2.45) is 11.8 Å². The molecule has 3 atom stereocenters. The third kappa shape index (κ3) is 4.15. The molecule has 2 heterocycles. The summed E-state index contributed by atoms with van der Waals surface area (Å²) >= 11 is 6.42. The summed E-state index contributed by atoms with van der Waals surface area (Å²) < 4.78 is 44.4. The van der Waals surface area contributed by atoms with E-state index in [9.17, 15) is 18.0 Å². The number of aromatic nitrogens is 1. The zero-order chi connectivity index (χ0) is 23.2. The summed E-state index contributed by atoms with van der Waals surface area (Å²) in [6, 6.07) is 14.5. The van der Waals surface area contributed by atoms with Crippen molar-refractivity contribution in [3.05, 3.63) is 94.3 Å². The van der Waals surface area contributed by atoms with Crippen LogP contribution in [0.25, 0.3) is 17.2 Å². The van der Waals surface area contributed by atoms with E-state index < -0.39 is 11.7 Å². The Morgan fingerprint density at radius 3 is 2.64 bits per heavy atom. The van der Waals surface area contributed by atoms with Crippen LogP contribution in [0.1, 0.15) is 28.3 Å². The Kier molecular flexibility index (Phi) is 5.49. The molecule has 33 heavy (non-hydrogen) atoms. The van der Waals surface area contributed by atoms with Gasteiger partial charge in [-0.05, 0) is 53.5 Å². The van der Waals surface area contributed by atoms with Crippen molar-refractivity contribution in [1.82, 2.24) is 4.98 Å². The summed E-state index contributed by atoms with van der Waals surface area (Å²) in [4.78, 5) is 16.6. The predicted octanol–water partition coefficient (Wildman–Crippen LogP) is 6.56. The maximum absolute atomic E-state index is 13.0. The number of benzene rings is 2. The molecule has 0 radical (unpaired) electrons. The number of nitrogens with zero attached hydrogens (tertiary/aromatic N) is 1. The van der Waals surface area contributed by atoms with E-state index in [4.69, 9.17) is 16.3 Å². The molecular formula is C26H19ClF3NO2. The smallest absolute Gasteiger partial charge is 0.416 e. The van der Waals surface area contributed by atoms with E-state index in [1.807, 2.05) is 30.4 Å². The van der Waals surface area contributed by atoms with Crippen LogP contribution in [0.3, 0.4) is 0 Å². The van der Waals surface area contributed by atoms with E-state index in [1.54, 1.807) is 24.4 Å². The molecule has 3 aromatic rings. The van der Waals surface area contributed by atoms with Gasteiger partial charge >= 0.3 is 12.1 Å². The number of rotatable bonds is 3. The lowest BCUT2D eigenvalue weighted by atomic mass is 9.70. The summed E-state index contributed by atoms with van der Waals surface area (Å²) in [5.41, 5.74) is 3.08. The molecule has 5 rings (SSSR count). The number of ether oxygens (including phenoxy) is 1. The molecule has 2 aromatic carbocycles. The molecule has 0 N–H and O–H groups in total. The number of hydrogen-bond donors (Lipinski definition) is 0. The molecule has 1 aromatic heterocycles. The van der Waals surface area contributed by atoms with Crippen LogP contribution in [0.2, 0.25) is 5.02 Å². The lowest BCUT2D eigenvalue weighted by molar-refractivity contribution is -0.141. The minimum absolute atomic E-state index is 0.0316. The number of carbonyl (C=O) groups excluding carboxylic acids is 1. The summed E-state index contributed by atoms with van der Waals surface area (Å²) in [5.74, 6) is -0.422. The minimum Gasteiger partial charge on any atom is -0.465 e. The first-order valence-electron chi connectivity index (χ1n) is 10.6. The SMILES string of the molecule is O=C1OC[C@H]2[C@@H]1Cc1c(Cl)cccc1[C@@H]2/C=C/c1ccc(-c2cccc(C(F)(F)F)c2)cn1. The van der Waals surface area contributed by atoms with Crippen LogP contribution < -0.4 is 0 Å². The third-order valence-electron chi connectivity index (χ3n) is 6.42. The van der Waals surface area contributed by atoms with Crippen LogP contribution in [0.15, 0.2) is 66.9 Å². The van der Waals surface area contributed by atoms with Crippen molar-refractivity contribution in [3.8, 4) is 11.1 Å². The number of alkyl halides is 3.